The number of ether oxygens (including phenoxy) is 1. The highest BCUT2D eigenvalue weighted by molar-refractivity contribution is 5.84. The second-order valence-corrected chi connectivity index (χ2v) is 7.69. The number of nitrogens with one attached hydrogen (secondary N) is 1. The summed E-state index contributed by atoms with van der Waals surface area (Å²) >= 11 is 0. The van der Waals surface area contributed by atoms with Gasteiger partial charge in [0.2, 0.25) is 0 Å². The third-order valence-electron chi connectivity index (χ3n) is 4.01. The molecule has 0 radical (unpaired) electrons. The van der Waals surface area contributed by atoms with Crippen molar-refractivity contribution in [3.8, 4) is 0 Å². The molecule has 1 unspecified atom stereocenters. The largest absolute Gasteiger partial charge is 0.453 e. The van der Waals surface area contributed by atoms with E-state index in [2.05, 4.69) is 10.3 Å². The van der Waals surface area contributed by atoms with Crippen LogP contribution in [-0.2, 0) is 20.9 Å². The maximum absolute atomic E-state index is 12.5. The number of rotatable bonds is 6. The van der Waals surface area contributed by atoms with Gasteiger partial charge in [0.05, 0.1) is 17.2 Å². The summed E-state index contributed by atoms with van der Waals surface area (Å²) in [5.74, 6) is -0.801. The number of carbonyl (C=O) groups excluding carboxylic acids is 2. The second kappa shape index (κ2) is 8.33. The molecule has 1 N–H and O–H groups in total. The monoisotopic (exact) mass is 373 g/mol. The normalized spacial score (nSPS) is 12.6. The Hall–Kier alpha value is -2.70. The third-order valence-corrected chi connectivity index (χ3v) is 4.01. The van der Waals surface area contributed by atoms with Crippen molar-refractivity contribution in [1.82, 2.24) is 14.9 Å². The number of fused-ring (bicyclic) bond motifs is 1. The molecule has 2 aromatic rings. The fraction of sp³-hybridized carbons (Fsp3) is 0.500. The zero-order chi connectivity index (χ0) is 20.2. The maximum Gasteiger partial charge on any atom is 0.306 e. The van der Waals surface area contributed by atoms with Crippen LogP contribution in [0, 0.1) is 6.92 Å². The summed E-state index contributed by atoms with van der Waals surface area (Å²) in [6.45, 7) is 9.38. The van der Waals surface area contributed by atoms with Crippen molar-refractivity contribution in [2.45, 2.75) is 65.6 Å². The number of aromatic nitrogens is 2. The van der Waals surface area contributed by atoms with Crippen LogP contribution in [0.2, 0.25) is 0 Å². The Labute approximate surface area is 158 Å². The standard InChI is InChI=1S/C20H27N3O4/c1-13-8-6-9-15-17(13)21-12-23(19(15)26)11-7-10-16(24)27-14(2)18(25)22-20(3,4)5/h6,8-9,12,14H,7,10-11H2,1-5H3,(H,22,25). The van der Waals surface area contributed by atoms with Gasteiger partial charge < -0.3 is 10.1 Å². The van der Waals surface area contributed by atoms with Crippen molar-refractivity contribution < 1.29 is 14.3 Å². The molecule has 0 aliphatic rings. The number of para-hydroxylation sites is 1. The second-order valence-electron chi connectivity index (χ2n) is 7.69. The smallest absolute Gasteiger partial charge is 0.306 e. The van der Waals surface area contributed by atoms with Gasteiger partial charge in [-0.1, -0.05) is 12.1 Å². The molecule has 0 fully saturated rings. The molecule has 0 aliphatic heterocycles. The molecule has 0 saturated carbocycles. The average Bonchev–Trinajstić information content (AvgIpc) is 2.56. The molecule has 27 heavy (non-hydrogen) atoms. The molecule has 1 amide bonds. The zero-order valence-electron chi connectivity index (χ0n) is 16.5. The fourth-order valence-corrected chi connectivity index (χ4v) is 2.67. The van der Waals surface area contributed by atoms with E-state index in [1.54, 1.807) is 13.0 Å². The summed E-state index contributed by atoms with van der Waals surface area (Å²) in [6, 6.07) is 5.48. The molecule has 1 aromatic heterocycles. The Bertz CT molecular complexity index is 896. The highest BCUT2D eigenvalue weighted by atomic mass is 16.5. The molecule has 146 valence electrons. The van der Waals surface area contributed by atoms with Crippen molar-refractivity contribution in [2.24, 2.45) is 0 Å². The van der Waals surface area contributed by atoms with Gasteiger partial charge in [-0.25, -0.2) is 4.98 Å². The van der Waals surface area contributed by atoms with E-state index in [1.807, 2.05) is 39.8 Å². The summed E-state index contributed by atoms with van der Waals surface area (Å²) in [4.78, 5) is 40.7. The molecule has 0 aliphatic carbocycles. The van der Waals surface area contributed by atoms with E-state index in [-0.39, 0.29) is 23.4 Å². The molecule has 7 heteroatoms. The number of benzene rings is 1. The first-order valence-corrected chi connectivity index (χ1v) is 9.05. The van der Waals surface area contributed by atoms with Crippen LogP contribution in [0.15, 0.2) is 29.3 Å². The molecular weight excluding hydrogens is 346 g/mol. The number of amides is 1. The van der Waals surface area contributed by atoms with Gasteiger partial charge in [0.15, 0.2) is 6.10 Å². The van der Waals surface area contributed by atoms with Crippen molar-refractivity contribution in [1.29, 1.82) is 0 Å². The van der Waals surface area contributed by atoms with Crippen molar-refractivity contribution in [2.75, 3.05) is 0 Å². The van der Waals surface area contributed by atoms with Gasteiger partial charge in [-0.15, -0.1) is 0 Å². The van der Waals surface area contributed by atoms with E-state index < -0.39 is 12.1 Å². The molecule has 0 saturated heterocycles. The van der Waals surface area contributed by atoms with Crippen LogP contribution in [-0.4, -0.2) is 33.1 Å². The lowest BCUT2D eigenvalue weighted by Gasteiger charge is -2.23. The van der Waals surface area contributed by atoms with Crippen LogP contribution < -0.4 is 10.9 Å². The Balaban J connectivity index is 1.90. The van der Waals surface area contributed by atoms with Gasteiger partial charge in [-0.3, -0.25) is 19.0 Å². The van der Waals surface area contributed by atoms with Crippen LogP contribution in [0.3, 0.4) is 0 Å². The van der Waals surface area contributed by atoms with Crippen LogP contribution >= 0.6 is 0 Å². The Kier molecular flexibility index (Phi) is 6.36. The topological polar surface area (TPSA) is 90.3 Å². The SMILES string of the molecule is Cc1cccc2c(=O)n(CCCC(=O)OC(C)C(=O)NC(C)(C)C)cnc12. The number of aryl methyl sites for hydroxylation is 2. The molecule has 0 spiro atoms. The summed E-state index contributed by atoms with van der Waals surface area (Å²) in [5, 5.41) is 3.33. The lowest BCUT2D eigenvalue weighted by Crippen LogP contribution is -2.46. The highest BCUT2D eigenvalue weighted by Gasteiger charge is 2.22. The first-order chi connectivity index (χ1) is 12.6. The molecule has 1 heterocycles. The van der Waals surface area contributed by atoms with E-state index in [0.29, 0.717) is 23.9 Å². The minimum atomic E-state index is -0.857. The minimum absolute atomic E-state index is 0.117. The molecule has 0 bridgehead atoms. The van der Waals surface area contributed by atoms with Crippen LogP contribution in [0.1, 0.15) is 46.1 Å². The highest BCUT2D eigenvalue weighted by Crippen LogP contribution is 2.11. The first kappa shape index (κ1) is 20.6. The third kappa shape index (κ3) is 5.64. The lowest BCUT2D eigenvalue weighted by molar-refractivity contribution is -0.155. The van der Waals surface area contributed by atoms with Crippen LogP contribution in [0.25, 0.3) is 10.9 Å². The lowest BCUT2D eigenvalue weighted by atomic mass is 10.1. The van der Waals surface area contributed by atoms with Gasteiger partial charge in [-0.05, 0) is 52.7 Å². The Morgan fingerprint density at radius 1 is 1.30 bits per heavy atom. The Morgan fingerprint density at radius 2 is 2.00 bits per heavy atom. The molecule has 7 nitrogen and oxygen atoms in total. The molecule has 1 aromatic carbocycles. The van der Waals surface area contributed by atoms with E-state index in [4.69, 9.17) is 4.74 Å². The summed E-state index contributed by atoms with van der Waals surface area (Å²) in [6.07, 6.45) is 1.18. The van der Waals surface area contributed by atoms with Gasteiger partial charge >= 0.3 is 5.97 Å². The number of esters is 1. The first-order valence-electron chi connectivity index (χ1n) is 9.05. The van der Waals surface area contributed by atoms with Crippen molar-refractivity contribution >= 4 is 22.8 Å². The zero-order valence-corrected chi connectivity index (χ0v) is 16.5. The van der Waals surface area contributed by atoms with E-state index >= 15 is 0 Å². The van der Waals surface area contributed by atoms with E-state index in [0.717, 1.165) is 5.56 Å². The van der Waals surface area contributed by atoms with Crippen LogP contribution in [0.5, 0.6) is 0 Å². The quantitative estimate of drug-likeness (QED) is 0.785. The number of nitrogens with zero attached hydrogens (tertiary/aromatic N) is 2. The average molecular weight is 373 g/mol. The van der Waals surface area contributed by atoms with E-state index in [1.165, 1.54) is 10.9 Å². The van der Waals surface area contributed by atoms with Crippen molar-refractivity contribution in [3.05, 3.63) is 40.4 Å². The number of carbonyl (C=O) groups is 2. The van der Waals surface area contributed by atoms with Gasteiger partial charge in [-0.2, -0.15) is 0 Å². The predicted octanol–water partition coefficient (Wildman–Crippen LogP) is 2.33. The maximum atomic E-state index is 12.5. The van der Waals surface area contributed by atoms with Gasteiger partial charge in [0.25, 0.3) is 11.5 Å². The Morgan fingerprint density at radius 3 is 2.67 bits per heavy atom. The van der Waals surface area contributed by atoms with E-state index in [9.17, 15) is 14.4 Å². The molecular formula is C20H27N3O4. The van der Waals surface area contributed by atoms with Gasteiger partial charge in [0, 0.05) is 18.5 Å². The van der Waals surface area contributed by atoms with Gasteiger partial charge in [0.1, 0.15) is 0 Å². The summed E-state index contributed by atoms with van der Waals surface area (Å²) in [7, 11) is 0. The van der Waals surface area contributed by atoms with Crippen molar-refractivity contribution in [3.63, 3.8) is 0 Å². The van der Waals surface area contributed by atoms with Crippen LogP contribution in [0.4, 0.5) is 0 Å². The summed E-state index contributed by atoms with van der Waals surface area (Å²) < 4.78 is 6.65. The minimum Gasteiger partial charge on any atom is -0.453 e. The fourth-order valence-electron chi connectivity index (χ4n) is 2.67. The number of hydrogen-bond donors (Lipinski definition) is 1. The molecule has 2 rings (SSSR count). The summed E-state index contributed by atoms with van der Waals surface area (Å²) in [5.41, 5.74) is 1.12. The molecule has 1 atom stereocenters. The number of hydrogen-bond acceptors (Lipinski definition) is 5. The predicted molar refractivity (Wildman–Crippen MR) is 103 cm³/mol.